The van der Waals surface area contributed by atoms with Gasteiger partial charge < -0.3 is 33.8 Å². The monoisotopic (exact) mass is 1530 g/mol. The van der Waals surface area contributed by atoms with Gasteiger partial charge in [-0.3, -0.25) is 37.3 Å². The van der Waals surface area contributed by atoms with Crippen LogP contribution in [-0.2, 0) is 65.4 Å². The third-order valence-electron chi connectivity index (χ3n) is 16.8. The summed E-state index contributed by atoms with van der Waals surface area (Å²) >= 11 is 0. The van der Waals surface area contributed by atoms with Crippen LogP contribution in [0.4, 0.5) is 0 Å². The highest BCUT2D eigenvalue weighted by atomic mass is 31.2. The van der Waals surface area contributed by atoms with Crippen LogP contribution in [0.5, 0.6) is 0 Å². The maximum Gasteiger partial charge on any atom is 0.472 e. The molecule has 17 nitrogen and oxygen atoms in total. The van der Waals surface area contributed by atoms with Gasteiger partial charge in [0, 0.05) is 25.7 Å². The number of carbonyl (C=O) groups is 4. The van der Waals surface area contributed by atoms with E-state index in [0.717, 1.165) is 167 Å². The number of hydrogen-bond acceptors (Lipinski definition) is 15. The largest absolute Gasteiger partial charge is 0.472 e. The molecule has 0 aromatic heterocycles. The first-order valence-electron chi connectivity index (χ1n) is 41.1. The third kappa shape index (κ3) is 77.1. The lowest BCUT2D eigenvalue weighted by Gasteiger charge is -2.21. The molecular weight excluding hydrogens is 1380 g/mol. The Balaban J connectivity index is 5.44. The molecule has 0 saturated carbocycles. The van der Waals surface area contributed by atoms with Gasteiger partial charge in [-0.15, -0.1) is 0 Å². The number of esters is 4. The van der Waals surface area contributed by atoms with Crippen molar-refractivity contribution in [3.63, 3.8) is 0 Å². The van der Waals surface area contributed by atoms with Crippen molar-refractivity contribution in [2.24, 2.45) is 0 Å². The minimum atomic E-state index is -5.00. The molecule has 0 fully saturated rings. The van der Waals surface area contributed by atoms with Gasteiger partial charge in [0.2, 0.25) is 0 Å². The lowest BCUT2D eigenvalue weighted by atomic mass is 10.0. The van der Waals surface area contributed by atoms with Crippen LogP contribution in [0.2, 0.25) is 0 Å². The Hall–Kier alpha value is -5.06. The normalized spacial score (nSPS) is 14.6. The van der Waals surface area contributed by atoms with Crippen LogP contribution in [0.25, 0.3) is 0 Å². The van der Waals surface area contributed by atoms with Crippen molar-refractivity contribution in [3.05, 3.63) is 146 Å². The highest BCUT2D eigenvalue weighted by Gasteiger charge is 2.30. The van der Waals surface area contributed by atoms with E-state index in [4.69, 9.17) is 37.0 Å². The molecule has 0 aliphatic heterocycles. The molecule has 0 radical (unpaired) electrons. The quantitative estimate of drug-likeness (QED) is 0.0169. The fraction of sp³-hybridized carbons (Fsp3) is 0.678. The SMILES string of the molecule is CC/C=C\C/C=C\C/C=C\C/C=C\C/C=C\CCCC(=O)OCC(COP(=O)(O)OCC(O)COP(=O)(O)OCC(COC(=O)CCCCCCCC/C=C\C/C=C\C/C=C\CCCCC)OC(=O)CCCCCC/C=C\C/C=C\C/C=C\C/C=C\CC)OC(=O)CCCCCCCCCCCCCCC. The van der Waals surface area contributed by atoms with E-state index in [1.165, 1.54) is 70.6 Å². The summed E-state index contributed by atoms with van der Waals surface area (Å²) in [6.45, 7) is 4.53. The predicted molar refractivity (Wildman–Crippen MR) is 436 cm³/mol. The minimum absolute atomic E-state index is 0.0591. The first-order chi connectivity index (χ1) is 51.7. The summed E-state index contributed by atoms with van der Waals surface area (Å²) in [5.41, 5.74) is 0. The second kappa shape index (κ2) is 78.1. The first-order valence-corrected chi connectivity index (χ1v) is 44.1. The number of aliphatic hydroxyl groups is 1. The average molecular weight is 1530 g/mol. The molecule has 0 amide bonds. The molecule has 0 bridgehead atoms. The molecule has 106 heavy (non-hydrogen) atoms. The number of phosphoric acid groups is 2. The van der Waals surface area contributed by atoms with Gasteiger partial charge in [0.15, 0.2) is 12.2 Å². The molecule has 0 aromatic carbocycles. The second-order valence-corrected chi connectivity index (χ2v) is 29.9. The zero-order valence-corrected chi connectivity index (χ0v) is 68.1. The van der Waals surface area contributed by atoms with Crippen molar-refractivity contribution in [2.45, 2.75) is 341 Å². The van der Waals surface area contributed by atoms with Gasteiger partial charge in [-0.1, -0.05) is 302 Å². The highest BCUT2D eigenvalue weighted by molar-refractivity contribution is 7.47. The van der Waals surface area contributed by atoms with Crippen molar-refractivity contribution in [1.29, 1.82) is 0 Å². The summed E-state index contributed by atoms with van der Waals surface area (Å²) < 4.78 is 68.6. The molecule has 3 N–H and O–H groups in total. The van der Waals surface area contributed by atoms with Crippen LogP contribution >= 0.6 is 15.6 Å². The number of unbranched alkanes of at least 4 members (excludes halogenated alkanes) is 26. The van der Waals surface area contributed by atoms with E-state index < -0.39 is 97.5 Å². The van der Waals surface area contributed by atoms with Gasteiger partial charge in [0.05, 0.1) is 26.4 Å². The summed E-state index contributed by atoms with van der Waals surface area (Å²) in [5.74, 6) is -2.28. The Morgan fingerprint density at radius 2 is 0.500 bits per heavy atom. The minimum Gasteiger partial charge on any atom is -0.462 e. The van der Waals surface area contributed by atoms with Crippen molar-refractivity contribution in [2.75, 3.05) is 39.6 Å². The Labute approximate surface area is 643 Å². The number of allylic oxidation sites excluding steroid dienone is 24. The standard InChI is InChI=1S/C87H146O17P2/c1-5-9-13-17-21-25-29-33-36-39-40-43-45-49-52-56-60-64-68-72-85(90)98-78-83(104-87(92)74-70-66-62-58-54-50-46-42-38-35-31-27-23-19-15-11-7-3)80-102-106(95,96)100-76-81(88)75-99-105(93,94)101-79-82(103-86(91)73-69-65-61-57-53-47-32-28-24-20-16-12-8-4)77-97-84(89)71-67-63-59-55-51-48-44-41-37-34-30-26-22-18-14-10-6-2/h10-11,14-15,21-23,25-27,33-38,40,43-44,46,48,50,55,59,81-83,88H,5-9,12-13,16-20,24,28-32,39,41-42,45,47,49,51-54,56-58,60-80H2,1-4H3,(H,93,94)(H,95,96)/b14-10-,15-11-,25-21-,26-22-,27-23-,36-33-,37-34-,38-35-,43-40-,48-44-,50-46-,59-55-. The fourth-order valence-corrected chi connectivity index (χ4v) is 12.2. The summed E-state index contributed by atoms with van der Waals surface area (Å²) in [4.78, 5) is 73.1. The zero-order chi connectivity index (χ0) is 77.4. The van der Waals surface area contributed by atoms with Gasteiger partial charge in [0.1, 0.15) is 19.3 Å². The van der Waals surface area contributed by atoms with E-state index in [0.29, 0.717) is 32.1 Å². The zero-order valence-electron chi connectivity index (χ0n) is 66.3. The maximum atomic E-state index is 13.1. The topological polar surface area (TPSA) is 237 Å². The van der Waals surface area contributed by atoms with Gasteiger partial charge in [-0.2, -0.15) is 0 Å². The highest BCUT2D eigenvalue weighted by Crippen LogP contribution is 2.45. The Morgan fingerprint density at radius 3 is 0.811 bits per heavy atom. The molecule has 0 spiro atoms. The van der Waals surface area contributed by atoms with E-state index in [9.17, 15) is 43.2 Å². The number of hydrogen-bond donors (Lipinski definition) is 3. The van der Waals surface area contributed by atoms with Gasteiger partial charge in [0.25, 0.3) is 0 Å². The molecule has 0 heterocycles. The van der Waals surface area contributed by atoms with E-state index in [1.54, 1.807) is 0 Å². The molecule has 0 aromatic rings. The maximum absolute atomic E-state index is 13.1. The van der Waals surface area contributed by atoms with Crippen LogP contribution in [0.15, 0.2) is 146 Å². The number of phosphoric ester groups is 2. The fourth-order valence-electron chi connectivity index (χ4n) is 10.6. The summed E-state index contributed by atoms with van der Waals surface area (Å²) in [5, 5.41) is 10.7. The van der Waals surface area contributed by atoms with Crippen molar-refractivity contribution in [1.82, 2.24) is 0 Å². The van der Waals surface area contributed by atoms with Crippen molar-refractivity contribution >= 4 is 39.5 Å². The van der Waals surface area contributed by atoms with Gasteiger partial charge in [-0.25, -0.2) is 9.13 Å². The van der Waals surface area contributed by atoms with Crippen LogP contribution in [0.3, 0.4) is 0 Å². The number of carbonyl (C=O) groups excluding carboxylic acids is 4. The van der Waals surface area contributed by atoms with Gasteiger partial charge >= 0.3 is 39.5 Å². The van der Waals surface area contributed by atoms with Crippen LogP contribution in [-0.4, -0.2) is 96.7 Å². The molecular formula is C87H146O17P2. The van der Waals surface area contributed by atoms with E-state index in [2.05, 4.69) is 161 Å². The van der Waals surface area contributed by atoms with Gasteiger partial charge in [-0.05, 0) is 141 Å². The summed E-state index contributed by atoms with van der Waals surface area (Å²) in [6.07, 6.45) is 89.7. The Morgan fingerprint density at radius 1 is 0.274 bits per heavy atom. The third-order valence-corrected chi connectivity index (χ3v) is 18.7. The molecule has 0 aliphatic rings. The Kier molecular flexibility index (Phi) is 74.3. The Bertz CT molecular complexity index is 2580. The van der Waals surface area contributed by atoms with Crippen LogP contribution < -0.4 is 0 Å². The first kappa shape index (κ1) is 101. The lowest BCUT2D eigenvalue weighted by Crippen LogP contribution is -2.30. The molecule has 606 valence electrons. The molecule has 5 atom stereocenters. The molecule has 0 rings (SSSR count). The second-order valence-electron chi connectivity index (χ2n) is 27.0. The van der Waals surface area contributed by atoms with Crippen LogP contribution in [0, 0.1) is 0 Å². The van der Waals surface area contributed by atoms with Crippen molar-refractivity contribution < 1.29 is 80.2 Å². The smallest absolute Gasteiger partial charge is 0.462 e. The summed E-state index contributed by atoms with van der Waals surface area (Å²) in [7, 11) is -9.99. The van der Waals surface area contributed by atoms with E-state index >= 15 is 0 Å². The summed E-state index contributed by atoms with van der Waals surface area (Å²) in [6, 6.07) is 0. The van der Waals surface area contributed by atoms with Crippen molar-refractivity contribution in [3.8, 4) is 0 Å². The van der Waals surface area contributed by atoms with E-state index in [1.807, 2.05) is 12.2 Å². The number of aliphatic hydroxyl groups excluding tert-OH is 1. The molecule has 0 saturated heterocycles. The molecule has 19 heteroatoms. The number of ether oxygens (including phenoxy) is 4. The van der Waals surface area contributed by atoms with E-state index in [-0.39, 0.29) is 25.7 Å². The molecule has 5 unspecified atom stereocenters. The number of rotatable bonds is 76. The predicted octanol–water partition coefficient (Wildman–Crippen LogP) is 24.2. The molecule has 0 aliphatic carbocycles. The lowest BCUT2D eigenvalue weighted by molar-refractivity contribution is -0.161. The average Bonchev–Trinajstić information content (AvgIpc) is 0.937. The van der Waals surface area contributed by atoms with Crippen LogP contribution in [0.1, 0.15) is 323 Å².